The van der Waals surface area contributed by atoms with E-state index in [2.05, 4.69) is 31.3 Å². The van der Waals surface area contributed by atoms with E-state index < -0.39 is 0 Å². The highest BCUT2D eigenvalue weighted by atomic mass is 16.2. The number of hydrogen-bond acceptors (Lipinski definition) is 2. The zero-order valence-corrected chi connectivity index (χ0v) is 12.9. The molecule has 0 aromatic heterocycles. The van der Waals surface area contributed by atoms with Gasteiger partial charge < -0.3 is 10.2 Å². The smallest absolute Gasteiger partial charge is 0.233 e. The van der Waals surface area contributed by atoms with Crippen LogP contribution in [0.15, 0.2) is 30.3 Å². The topological polar surface area (TPSA) is 32.3 Å². The minimum absolute atomic E-state index is 0.282. The SMILES string of the molecule is CCCN(CC)C(=O)C1(c2ccccc2)CC1CNC. The van der Waals surface area contributed by atoms with E-state index in [1.165, 1.54) is 5.56 Å². The highest BCUT2D eigenvalue weighted by Crippen LogP contribution is 2.55. The molecule has 0 aliphatic heterocycles. The number of rotatable bonds is 7. The standard InChI is InChI=1S/C17H26N2O/c1-4-11-19(5-2)16(20)17(12-15(17)13-18-3)14-9-7-6-8-10-14/h6-10,15,18H,4-5,11-13H2,1-3H3. The third-order valence-corrected chi connectivity index (χ3v) is 4.39. The van der Waals surface area contributed by atoms with Crippen LogP contribution in [-0.2, 0) is 10.2 Å². The van der Waals surface area contributed by atoms with E-state index in [0.29, 0.717) is 11.8 Å². The Morgan fingerprint density at radius 3 is 2.60 bits per heavy atom. The zero-order chi connectivity index (χ0) is 14.6. The predicted molar refractivity (Wildman–Crippen MR) is 82.7 cm³/mol. The first-order chi connectivity index (χ1) is 9.70. The quantitative estimate of drug-likeness (QED) is 0.828. The molecule has 1 saturated carbocycles. The average Bonchev–Trinajstić information content (AvgIpc) is 3.21. The van der Waals surface area contributed by atoms with Crippen LogP contribution in [0, 0.1) is 5.92 Å². The van der Waals surface area contributed by atoms with Crippen LogP contribution in [0.25, 0.3) is 0 Å². The van der Waals surface area contributed by atoms with Gasteiger partial charge in [0.05, 0.1) is 5.41 Å². The monoisotopic (exact) mass is 274 g/mol. The summed E-state index contributed by atoms with van der Waals surface area (Å²) in [6.45, 7) is 6.76. The molecule has 2 rings (SSSR count). The van der Waals surface area contributed by atoms with Crippen molar-refractivity contribution in [2.45, 2.75) is 32.1 Å². The molecule has 3 nitrogen and oxygen atoms in total. The molecule has 2 atom stereocenters. The number of amides is 1. The lowest BCUT2D eigenvalue weighted by Gasteiger charge is -2.27. The molecule has 1 aromatic carbocycles. The number of carbonyl (C=O) groups is 1. The molecule has 1 aromatic rings. The van der Waals surface area contributed by atoms with Gasteiger partial charge in [-0.1, -0.05) is 37.3 Å². The molecule has 20 heavy (non-hydrogen) atoms. The second kappa shape index (κ2) is 6.40. The molecule has 1 N–H and O–H groups in total. The lowest BCUT2D eigenvalue weighted by atomic mass is 9.91. The molecule has 1 fully saturated rings. The fourth-order valence-electron chi connectivity index (χ4n) is 3.25. The Morgan fingerprint density at radius 2 is 2.05 bits per heavy atom. The molecule has 2 unspecified atom stereocenters. The van der Waals surface area contributed by atoms with Crippen LogP contribution >= 0.6 is 0 Å². The van der Waals surface area contributed by atoms with Crippen molar-refractivity contribution in [3.63, 3.8) is 0 Å². The van der Waals surface area contributed by atoms with Gasteiger partial charge in [0.15, 0.2) is 0 Å². The van der Waals surface area contributed by atoms with E-state index >= 15 is 0 Å². The van der Waals surface area contributed by atoms with Gasteiger partial charge in [0.2, 0.25) is 5.91 Å². The van der Waals surface area contributed by atoms with Crippen LogP contribution in [0.2, 0.25) is 0 Å². The van der Waals surface area contributed by atoms with Crippen molar-refractivity contribution in [2.75, 3.05) is 26.7 Å². The summed E-state index contributed by atoms with van der Waals surface area (Å²) in [6.07, 6.45) is 1.98. The Hall–Kier alpha value is -1.35. The summed E-state index contributed by atoms with van der Waals surface area (Å²) < 4.78 is 0. The Labute approximate surface area is 122 Å². The molecule has 110 valence electrons. The summed E-state index contributed by atoms with van der Waals surface area (Å²) in [7, 11) is 1.96. The van der Waals surface area contributed by atoms with Gasteiger partial charge in [0.25, 0.3) is 0 Å². The Bertz CT molecular complexity index is 446. The van der Waals surface area contributed by atoms with Gasteiger partial charge in [-0.25, -0.2) is 0 Å². The molecular weight excluding hydrogens is 248 g/mol. The number of likely N-dealkylation sites (N-methyl/N-ethyl adjacent to an activating group) is 1. The minimum atomic E-state index is -0.282. The third-order valence-electron chi connectivity index (χ3n) is 4.39. The largest absolute Gasteiger partial charge is 0.342 e. The summed E-state index contributed by atoms with van der Waals surface area (Å²) in [5, 5.41) is 3.23. The van der Waals surface area contributed by atoms with E-state index in [1.54, 1.807) is 0 Å². The van der Waals surface area contributed by atoms with Crippen molar-refractivity contribution in [1.29, 1.82) is 0 Å². The van der Waals surface area contributed by atoms with E-state index in [-0.39, 0.29) is 5.41 Å². The van der Waals surface area contributed by atoms with E-state index in [9.17, 15) is 4.79 Å². The van der Waals surface area contributed by atoms with Crippen LogP contribution < -0.4 is 5.32 Å². The van der Waals surface area contributed by atoms with Crippen LogP contribution in [0.4, 0.5) is 0 Å². The predicted octanol–water partition coefficient (Wildman–Crippen LogP) is 2.42. The second-order valence-corrected chi connectivity index (χ2v) is 5.68. The molecule has 0 saturated heterocycles. The maximum Gasteiger partial charge on any atom is 0.233 e. The van der Waals surface area contributed by atoms with Gasteiger partial charge >= 0.3 is 0 Å². The zero-order valence-electron chi connectivity index (χ0n) is 12.9. The number of nitrogens with zero attached hydrogens (tertiary/aromatic N) is 1. The Balaban J connectivity index is 2.28. The van der Waals surface area contributed by atoms with Crippen molar-refractivity contribution in [3.05, 3.63) is 35.9 Å². The van der Waals surface area contributed by atoms with Gasteiger partial charge in [-0.3, -0.25) is 4.79 Å². The van der Waals surface area contributed by atoms with Crippen molar-refractivity contribution >= 4 is 5.91 Å². The van der Waals surface area contributed by atoms with Gasteiger partial charge in [-0.2, -0.15) is 0 Å². The Kier molecular flexibility index (Phi) is 4.81. The highest BCUT2D eigenvalue weighted by Gasteiger charge is 2.61. The first-order valence-corrected chi connectivity index (χ1v) is 7.70. The minimum Gasteiger partial charge on any atom is -0.342 e. The third kappa shape index (κ3) is 2.59. The summed E-state index contributed by atoms with van der Waals surface area (Å²) in [5.41, 5.74) is 0.898. The molecule has 1 amide bonds. The molecular formula is C17H26N2O. The summed E-state index contributed by atoms with van der Waals surface area (Å²) >= 11 is 0. The molecule has 1 aliphatic rings. The van der Waals surface area contributed by atoms with Crippen LogP contribution in [-0.4, -0.2) is 37.5 Å². The normalized spacial score (nSPS) is 24.4. The summed E-state index contributed by atoms with van der Waals surface area (Å²) in [5.74, 6) is 0.738. The van der Waals surface area contributed by atoms with Crippen LogP contribution in [0.3, 0.4) is 0 Å². The maximum absolute atomic E-state index is 13.0. The first kappa shape index (κ1) is 15.0. The summed E-state index contributed by atoms with van der Waals surface area (Å²) in [4.78, 5) is 15.0. The van der Waals surface area contributed by atoms with Gasteiger partial charge in [-0.05, 0) is 44.8 Å². The lowest BCUT2D eigenvalue weighted by molar-refractivity contribution is -0.134. The van der Waals surface area contributed by atoms with Crippen molar-refractivity contribution < 1.29 is 4.79 Å². The average molecular weight is 274 g/mol. The van der Waals surface area contributed by atoms with E-state index in [1.807, 2.05) is 30.1 Å². The fraction of sp³-hybridized carbons (Fsp3) is 0.588. The molecule has 0 radical (unpaired) electrons. The van der Waals surface area contributed by atoms with E-state index in [4.69, 9.17) is 0 Å². The van der Waals surface area contributed by atoms with Crippen molar-refractivity contribution in [2.24, 2.45) is 5.92 Å². The number of carbonyl (C=O) groups excluding carboxylic acids is 1. The highest BCUT2D eigenvalue weighted by molar-refractivity contribution is 5.92. The lowest BCUT2D eigenvalue weighted by Crippen LogP contribution is -2.41. The van der Waals surface area contributed by atoms with Gasteiger partial charge in [0, 0.05) is 13.1 Å². The van der Waals surface area contributed by atoms with Gasteiger partial charge in [-0.15, -0.1) is 0 Å². The number of hydrogen-bond donors (Lipinski definition) is 1. The molecule has 3 heteroatoms. The van der Waals surface area contributed by atoms with Crippen LogP contribution in [0.1, 0.15) is 32.3 Å². The fourth-order valence-corrected chi connectivity index (χ4v) is 3.25. The summed E-state index contributed by atoms with van der Waals surface area (Å²) in [6, 6.07) is 10.3. The maximum atomic E-state index is 13.0. The van der Waals surface area contributed by atoms with Crippen LogP contribution in [0.5, 0.6) is 0 Å². The Morgan fingerprint density at radius 1 is 1.35 bits per heavy atom. The van der Waals surface area contributed by atoms with Crippen molar-refractivity contribution in [3.8, 4) is 0 Å². The second-order valence-electron chi connectivity index (χ2n) is 5.68. The first-order valence-electron chi connectivity index (χ1n) is 7.70. The number of benzene rings is 1. The van der Waals surface area contributed by atoms with Crippen molar-refractivity contribution in [1.82, 2.24) is 10.2 Å². The molecule has 0 bridgehead atoms. The van der Waals surface area contributed by atoms with Gasteiger partial charge in [0.1, 0.15) is 0 Å². The molecule has 1 aliphatic carbocycles. The van der Waals surface area contributed by atoms with E-state index in [0.717, 1.165) is 32.5 Å². The molecule has 0 spiro atoms. The number of nitrogens with one attached hydrogen (secondary N) is 1. The molecule has 0 heterocycles.